The molecular weight excluding hydrogens is 242 g/mol. The quantitative estimate of drug-likeness (QED) is 0.691. The van der Waals surface area contributed by atoms with E-state index in [0.29, 0.717) is 17.9 Å². The first-order valence-corrected chi connectivity index (χ1v) is 5.96. The fourth-order valence-electron chi connectivity index (χ4n) is 1.93. The standard InChI is InChI=1S/C13H13N5O/c14-9-1-2-10-11(3-5-16-12(10)7-9)15-6-4-13-17-8-19-18-13/h1-3,5,7-8H,4,6,14H2,(H,15,16). The molecule has 3 aromatic rings. The highest BCUT2D eigenvalue weighted by Crippen LogP contribution is 2.23. The summed E-state index contributed by atoms with van der Waals surface area (Å²) in [5.74, 6) is 0.690. The summed E-state index contributed by atoms with van der Waals surface area (Å²) in [5, 5.41) is 8.16. The van der Waals surface area contributed by atoms with Gasteiger partial charge in [0.25, 0.3) is 0 Å². The Labute approximate surface area is 109 Å². The molecule has 2 aromatic heterocycles. The van der Waals surface area contributed by atoms with Gasteiger partial charge >= 0.3 is 0 Å². The highest BCUT2D eigenvalue weighted by atomic mass is 16.5. The van der Waals surface area contributed by atoms with Crippen LogP contribution in [0.3, 0.4) is 0 Å². The first-order valence-electron chi connectivity index (χ1n) is 5.96. The van der Waals surface area contributed by atoms with E-state index in [1.165, 1.54) is 6.39 Å². The summed E-state index contributed by atoms with van der Waals surface area (Å²) in [4.78, 5) is 8.28. The smallest absolute Gasteiger partial charge is 0.213 e. The first kappa shape index (κ1) is 11.5. The van der Waals surface area contributed by atoms with Gasteiger partial charge in [0.05, 0.1) is 5.52 Å². The molecule has 0 aliphatic carbocycles. The van der Waals surface area contributed by atoms with Crippen molar-refractivity contribution >= 4 is 22.3 Å². The minimum Gasteiger partial charge on any atom is -0.399 e. The van der Waals surface area contributed by atoms with E-state index in [-0.39, 0.29) is 0 Å². The molecule has 0 saturated heterocycles. The molecule has 0 radical (unpaired) electrons. The third-order valence-electron chi connectivity index (χ3n) is 2.84. The molecule has 0 aliphatic heterocycles. The summed E-state index contributed by atoms with van der Waals surface area (Å²) in [7, 11) is 0. The minimum atomic E-state index is 0.690. The molecular formula is C13H13N5O. The number of nitrogens with zero attached hydrogens (tertiary/aromatic N) is 3. The molecule has 0 saturated carbocycles. The van der Waals surface area contributed by atoms with E-state index in [1.807, 2.05) is 24.3 Å². The summed E-state index contributed by atoms with van der Waals surface area (Å²) >= 11 is 0. The third-order valence-corrected chi connectivity index (χ3v) is 2.84. The normalized spacial score (nSPS) is 10.7. The molecule has 3 N–H and O–H groups in total. The zero-order chi connectivity index (χ0) is 13.1. The van der Waals surface area contributed by atoms with Crippen molar-refractivity contribution in [1.29, 1.82) is 0 Å². The van der Waals surface area contributed by atoms with Crippen LogP contribution in [-0.4, -0.2) is 21.7 Å². The number of rotatable bonds is 4. The third kappa shape index (κ3) is 2.47. The maximum absolute atomic E-state index is 5.75. The van der Waals surface area contributed by atoms with Crippen molar-refractivity contribution in [2.24, 2.45) is 0 Å². The van der Waals surface area contributed by atoms with Gasteiger partial charge in [-0.15, -0.1) is 0 Å². The maximum atomic E-state index is 5.75. The molecule has 0 atom stereocenters. The van der Waals surface area contributed by atoms with Crippen molar-refractivity contribution in [2.75, 3.05) is 17.6 Å². The molecule has 0 spiro atoms. The lowest BCUT2D eigenvalue weighted by Crippen LogP contribution is -2.06. The van der Waals surface area contributed by atoms with Gasteiger partial charge in [0.2, 0.25) is 6.39 Å². The van der Waals surface area contributed by atoms with Crippen LogP contribution >= 0.6 is 0 Å². The molecule has 0 bridgehead atoms. The number of fused-ring (bicyclic) bond motifs is 1. The average Bonchev–Trinajstić information content (AvgIpc) is 2.92. The Morgan fingerprint density at radius 3 is 3.00 bits per heavy atom. The maximum Gasteiger partial charge on any atom is 0.213 e. The van der Waals surface area contributed by atoms with Gasteiger partial charge in [0, 0.05) is 35.9 Å². The predicted octanol–water partition coefficient (Wildman–Crippen LogP) is 1.85. The molecule has 2 heterocycles. The van der Waals surface area contributed by atoms with Crippen molar-refractivity contribution in [3.8, 4) is 0 Å². The number of pyridine rings is 1. The number of nitrogens with two attached hydrogens (primary N) is 1. The van der Waals surface area contributed by atoms with Crippen LogP contribution in [0.4, 0.5) is 11.4 Å². The van der Waals surface area contributed by atoms with Crippen molar-refractivity contribution in [1.82, 2.24) is 15.1 Å². The summed E-state index contributed by atoms with van der Waals surface area (Å²) in [6.07, 6.45) is 3.80. The van der Waals surface area contributed by atoms with Gasteiger partial charge in [-0.05, 0) is 24.3 Å². The number of hydrogen-bond donors (Lipinski definition) is 2. The van der Waals surface area contributed by atoms with E-state index >= 15 is 0 Å². The fourth-order valence-corrected chi connectivity index (χ4v) is 1.93. The molecule has 3 rings (SSSR count). The molecule has 0 unspecified atom stereocenters. The fraction of sp³-hybridized carbons (Fsp3) is 0.154. The zero-order valence-corrected chi connectivity index (χ0v) is 10.2. The van der Waals surface area contributed by atoms with Gasteiger partial charge in [-0.25, -0.2) is 0 Å². The number of nitrogens with one attached hydrogen (secondary N) is 1. The monoisotopic (exact) mass is 255 g/mol. The topological polar surface area (TPSA) is 89.9 Å². The Kier molecular flexibility index (Phi) is 2.97. The van der Waals surface area contributed by atoms with Crippen molar-refractivity contribution < 1.29 is 4.52 Å². The van der Waals surface area contributed by atoms with E-state index in [0.717, 1.165) is 23.1 Å². The summed E-state index contributed by atoms with van der Waals surface area (Å²) in [6, 6.07) is 7.64. The highest BCUT2D eigenvalue weighted by molar-refractivity contribution is 5.92. The Hall–Kier alpha value is -2.63. The summed E-state index contributed by atoms with van der Waals surface area (Å²) in [6.45, 7) is 0.725. The number of nitrogen functional groups attached to an aromatic ring is 1. The molecule has 6 nitrogen and oxygen atoms in total. The van der Waals surface area contributed by atoms with Gasteiger partial charge < -0.3 is 15.6 Å². The lowest BCUT2D eigenvalue weighted by molar-refractivity contribution is 0.410. The van der Waals surface area contributed by atoms with Crippen molar-refractivity contribution in [2.45, 2.75) is 6.42 Å². The van der Waals surface area contributed by atoms with Crippen molar-refractivity contribution in [3.63, 3.8) is 0 Å². The lowest BCUT2D eigenvalue weighted by atomic mass is 10.1. The van der Waals surface area contributed by atoms with E-state index in [1.54, 1.807) is 6.20 Å². The number of aromatic nitrogens is 3. The van der Waals surface area contributed by atoms with Crippen LogP contribution in [0.5, 0.6) is 0 Å². The molecule has 19 heavy (non-hydrogen) atoms. The first-order chi connectivity index (χ1) is 9.33. The highest BCUT2D eigenvalue weighted by Gasteiger charge is 2.03. The van der Waals surface area contributed by atoms with Gasteiger partial charge in [-0.1, -0.05) is 5.16 Å². The van der Waals surface area contributed by atoms with E-state index in [9.17, 15) is 0 Å². The Morgan fingerprint density at radius 1 is 1.21 bits per heavy atom. The van der Waals surface area contributed by atoms with Gasteiger partial charge in [-0.3, -0.25) is 4.98 Å². The van der Waals surface area contributed by atoms with E-state index < -0.39 is 0 Å². The molecule has 1 aromatic carbocycles. The van der Waals surface area contributed by atoms with Crippen molar-refractivity contribution in [3.05, 3.63) is 42.7 Å². The molecule has 0 aliphatic rings. The largest absolute Gasteiger partial charge is 0.399 e. The van der Waals surface area contributed by atoms with Crippen LogP contribution in [0.25, 0.3) is 10.9 Å². The summed E-state index contributed by atoms with van der Waals surface area (Å²) in [5.41, 5.74) is 8.36. The van der Waals surface area contributed by atoms with Crippen LogP contribution in [0.2, 0.25) is 0 Å². The lowest BCUT2D eigenvalue weighted by Gasteiger charge is -2.08. The van der Waals surface area contributed by atoms with E-state index in [2.05, 4.69) is 25.0 Å². The number of anilines is 2. The second-order valence-electron chi connectivity index (χ2n) is 4.16. The van der Waals surface area contributed by atoms with Crippen LogP contribution in [-0.2, 0) is 6.42 Å². The average molecular weight is 255 g/mol. The molecule has 0 amide bonds. The SMILES string of the molecule is Nc1ccc2c(NCCc3ncon3)ccnc2c1. The van der Waals surface area contributed by atoms with Gasteiger partial charge in [-0.2, -0.15) is 4.98 Å². The van der Waals surface area contributed by atoms with Crippen LogP contribution in [0.1, 0.15) is 5.82 Å². The van der Waals surface area contributed by atoms with Crippen LogP contribution in [0, 0.1) is 0 Å². The summed E-state index contributed by atoms with van der Waals surface area (Å²) < 4.78 is 4.69. The van der Waals surface area contributed by atoms with Crippen LogP contribution in [0.15, 0.2) is 41.4 Å². The second-order valence-corrected chi connectivity index (χ2v) is 4.16. The molecule has 0 fully saturated rings. The predicted molar refractivity (Wildman–Crippen MR) is 72.6 cm³/mol. The Morgan fingerprint density at radius 2 is 2.16 bits per heavy atom. The number of benzene rings is 1. The zero-order valence-electron chi connectivity index (χ0n) is 10.2. The Bertz CT molecular complexity index is 681. The molecule has 6 heteroatoms. The minimum absolute atomic E-state index is 0.690. The van der Waals surface area contributed by atoms with Gasteiger partial charge in [0.1, 0.15) is 0 Å². The number of hydrogen-bond acceptors (Lipinski definition) is 6. The van der Waals surface area contributed by atoms with E-state index in [4.69, 9.17) is 5.73 Å². The van der Waals surface area contributed by atoms with Gasteiger partial charge in [0.15, 0.2) is 5.82 Å². The Balaban J connectivity index is 1.77. The van der Waals surface area contributed by atoms with Crippen LogP contribution < -0.4 is 11.1 Å². The molecule has 96 valence electrons. The second kappa shape index (κ2) is 4.93.